The molecule has 3 atom stereocenters. The number of carbonyl (C=O) groups excluding carboxylic acids is 2. The lowest BCUT2D eigenvalue weighted by molar-refractivity contribution is -0.142. The van der Waals surface area contributed by atoms with Crippen molar-refractivity contribution in [2.45, 2.75) is 12.1 Å². The molecule has 1 aromatic carbocycles. The summed E-state index contributed by atoms with van der Waals surface area (Å²) in [6.07, 6.45) is 0. The molecule has 2 N–H and O–H groups in total. The molecule has 3 rings (SSSR count). The van der Waals surface area contributed by atoms with E-state index < -0.39 is 18.0 Å². The molecule has 1 aromatic rings. The number of methoxy groups -OCH3 is 1. The lowest BCUT2D eigenvalue weighted by atomic mass is 9.90. The molecule has 2 fully saturated rings. The van der Waals surface area contributed by atoms with Crippen molar-refractivity contribution in [3.05, 3.63) is 29.8 Å². The highest BCUT2D eigenvalue weighted by molar-refractivity contribution is 6.08. The number of phenols is 1. The number of ether oxygens (including phenoxy) is 1. The molecule has 22 heavy (non-hydrogen) atoms. The van der Waals surface area contributed by atoms with Gasteiger partial charge in [-0.15, -0.1) is 0 Å². The topological polar surface area (TPSA) is 82.1 Å². The number of likely N-dealkylation sites (N-methyl/N-ethyl adjacent to an activating group) is 1. The van der Waals surface area contributed by atoms with Crippen LogP contribution in [-0.4, -0.2) is 60.2 Å². The lowest BCUT2D eigenvalue weighted by Gasteiger charge is -2.22. The Bertz CT molecular complexity index is 606. The number of hydrogen-bond donors (Lipinski definition) is 2. The van der Waals surface area contributed by atoms with Gasteiger partial charge in [-0.3, -0.25) is 14.5 Å². The summed E-state index contributed by atoms with van der Waals surface area (Å²) < 4.78 is 4.96. The maximum absolute atomic E-state index is 12.6. The van der Waals surface area contributed by atoms with Crippen molar-refractivity contribution >= 4 is 11.8 Å². The van der Waals surface area contributed by atoms with Crippen LogP contribution >= 0.6 is 0 Å². The van der Waals surface area contributed by atoms with Crippen LogP contribution in [0.3, 0.4) is 0 Å². The predicted molar refractivity (Wildman–Crippen MR) is 77.6 cm³/mol. The fourth-order valence-electron chi connectivity index (χ4n) is 3.26. The SMILES string of the molecule is COCCN1C(=O)[C@H]2[C@@H](c3ccccc3O)NN(C)[C@H]2C1=O. The number of hydrazine groups is 1. The maximum atomic E-state index is 12.6. The van der Waals surface area contributed by atoms with Gasteiger partial charge in [0.2, 0.25) is 11.8 Å². The Morgan fingerprint density at radius 2 is 2.00 bits per heavy atom. The standard InChI is InChI=1S/C15H19N3O4/c1-17-13-11(14(20)18(15(13)21)7-8-22-2)12(16-17)9-5-3-4-6-10(9)19/h3-6,11-13,16,19H,7-8H2,1-2H3/t11-,12+,13+/m0/s1. The fraction of sp³-hybridized carbons (Fsp3) is 0.467. The summed E-state index contributed by atoms with van der Waals surface area (Å²) in [4.78, 5) is 26.4. The van der Waals surface area contributed by atoms with Crippen molar-refractivity contribution in [1.29, 1.82) is 0 Å². The zero-order chi connectivity index (χ0) is 15.9. The first kappa shape index (κ1) is 15.0. The molecule has 2 aliphatic heterocycles. The van der Waals surface area contributed by atoms with Gasteiger partial charge in [-0.1, -0.05) is 18.2 Å². The van der Waals surface area contributed by atoms with Gasteiger partial charge < -0.3 is 9.84 Å². The van der Waals surface area contributed by atoms with Gasteiger partial charge in [0.05, 0.1) is 25.1 Å². The van der Waals surface area contributed by atoms with Gasteiger partial charge in [-0.2, -0.15) is 0 Å². The van der Waals surface area contributed by atoms with E-state index >= 15 is 0 Å². The average molecular weight is 305 g/mol. The van der Waals surface area contributed by atoms with Gasteiger partial charge in [-0.25, -0.2) is 10.4 Å². The Kier molecular flexibility index (Phi) is 3.86. The molecule has 2 amide bonds. The first-order valence-electron chi connectivity index (χ1n) is 7.17. The number of rotatable bonds is 4. The number of nitrogens with zero attached hydrogens (tertiary/aromatic N) is 2. The Balaban J connectivity index is 1.93. The third-order valence-electron chi connectivity index (χ3n) is 4.32. The van der Waals surface area contributed by atoms with Crippen molar-refractivity contribution in [3.63, 3.8) is 0 Å². The van der Waals surface area contributed by atoms with Crippen LogP contribution in [0.5, 0.6) is 5.75 Å². The minimum Gasteiger partial charge on any atom is -0.508 e. The van der Waals surface area contributed by atoms with Crippen molar-refractivity contribution in [2.75, 3.05) is 27.3 Å². The molecule has 0 saturated carbocycles. The van der Waals surface area contributed by atoms with E-state index in [4.69, 9.17) is 4.74 Å². The van der Waals surface area contributed by atoms with Crippen LogP contribution in [0.15, 0.2) is 24.3 Å². The minimum absolute atomic E-state index is 0.115. The summed E-state index contributed by atoms with van der Waals surface area (Å²) in [5.74, 6) is -0.871. The van der Waals surface area contributed by atoms with Gasteiger partial charge in [-0.05, 0) is 6.07 Å². The van der Waals surface area contributed by atoms with Crippen LogP contribution in [0, 0.1) is 5.92 Å². The molecule has 0 aliphatic carbocycles. The number of phenolic OH excluding ortho intramolecular Hbond substituents is 1. The van der Waals surface area contributed by atoms with Crippen LogP contribution in [0.1, 0.15) is 11.6 Å². The molecule has 0 spiro atoms. The summed E-state index contributed by atoms with van der Waals surface area (Å²) in [6, 6.07) is 5.90. The Morgan fingerprint density at radius 1 is 1.27 bits per heavy atom. The van der Waals surface area contributed by atoms with Crippen LogP contribution in [-0.2, 0) is 14.3 Å². The van der Waals surface area contributed by atoms with Crippen molar-refractivity contribution in [2.24, 2.45) is 5.92 Å². The minimum atomic E-state index is -0.547. The van der Waals surface area contributed by atoms with Gasteiger partial charge in [0.1, 0.15) is 11.8 Å². The number of imide groups is 1. The molecule has 7 heteroatoms. The molecular weight excluding hydrogens is 286 g/mol. The summed E-state index contributed by atoms with van der Waals surface area (Å²) in [5, 5.41) is 11.7. The summed E-state index contributed by atoms with van der Waals surface area (Å²) in [6.45, 7) is 0.567. The first-order valence-corrected chi connectivity index (χ1v) is 7.17. The summed E-state index contributed by atoms with van der Waals surface area (Å²) in [7, 11) is 3.27. The summed E-state index contributed by atoms with van der Waals surface area (Å²) >= 11 is 0. The first-order chi connectivity index (χ1) is 10.6. The average Bonchev–Trinajstić information content (AvgIpc) is 2.96. The van der Waals surface area contributed by atoms with E-state index in [1.54, 1.807) is 36.3 Å². The second-order valence-electron chi connectivity index (χ2n) is 5.57. The highest BCUT2D eigenvalue weighted by Crippen LogP contribution is 2.41. The molecule has 118 valence electrons. The number of carbonyl (C=O) groups is 2. The summed E-state index contributed by atoms with van der Waals surface area (Å²) in [5.41, 5.74) is 3.75. The van der Waals surface area contributed by atoms with Crippen molar-refractivity contribution < 1.29 is 19.4 Å². The molecular formula is C15H19N3O4. The Labute approximate surface area is 128 Å². The van der Waals surface area contributed by atoms with Crippen LogP contribution in [0.25, 0.3) is 0 Å². The molecule has 0 aromatic heterocycles. The highest BCUT2D eigenvalue weighted by Gasteiger charge is 2.57. The van der Waals surface area contributed by atoms with E-state index in [1.807, 2.05) is 0 Å². The van der Waals surface area contributed by atoms with E-state index in [1.165, 1.54) is 12.0 Å². The number of para-hydroxylation sites is 1. The quantitative estimate of drug-likeness (QED) is 0.755. The lowest BCUT2D eigenvalue weighted by Crippen LogP contribution is -2.43. The number of fused-ring (bicyclic) bond motifs is 1. The number of hydrogen-bond acceptors (Lipinski definition) is 6. The van der Waals surface area contributed by atoms with E-state index in [9.17, 15) is 14.7 Å². The van der Waals surface area contributed by atoms with Gasteiger partial charge in [0, 0.05) is 19.7 Å². The smallest absolute Gasteiger partial charge is 0.248 e. The molecule has 7 nitrogen and oxygen atoms in total. The van der Waals surface area contributed by atoms with Crippen LogP contribution in [0.4, 0.5) is 0 Å². The number of likely N-dealkylation sites (tertiary alicyclic amines) is 1. The Hall–Kier alpha value is -1.96. The third kappa shape index (κ3) is 2.18. The van der Waals surface area contributed by atoms with Gasteiger partial charge in [0.15, 0.2) is 0 Å². The second-order valence-corrected chi connectivity index (χ2v) is 5.57. The van der Waals surface area contributed by atoms with Gasteiger partial charge >= 0.3 is 0 Å². The van der Waals surface area contributed by atoms with Crippen LogP contribution in [0.2, 0.25) is 0 Å². The zero-order valence-electron chi connectivity index (χ0n) is 12.5. The fourth-order valence-corrected chi connectivity index (χ4v) is 3.26. The molecule has 0 radical (unpaired) electrons. The molecule has 2 heterocycles. The number of amides is 2. The predicted octanol–water partition coefficient (Wildman–Crippen LogP) is -0.117. The molecule has 0 unspecified atom stereocenters. The number of benzene rings is 1. The van der Waals surface area contributed by atoms with E-state index in [2.05, 4.69) is 5.43 Å². The van der Waals surface area contributed by atoms with E-state index in [-0.39, 0.29) is 24.1 Å². The zero-order valence-corrected chi connectivity index (χ0v) is 12.5. The largest absolute Gasteiger partial charge is 0.508 e. The Morgan fingerprint density at radius 3 is 2.68 bits per heavy atom. The van der Waals surface area contributed by atoms with Crippen LogP contribution < -0.4 is 5.43 Å². The van der Waals surface area contributed by atoms with Crippen molar-refractivity contribution in [1.82, 2.24) is 15.3 Å². The van der Waals surface area contributed by atoms with E-state index in [0.717, 1.165) is 0 Å². The maximum Gasteiger partial charge on any atom is 0.248 e. The van der Waals surface area contributed by atoms with E-state index in [0.29, 0.717) is 12.2 Å². The monoisotopic (exact) mass is 305 g/mol. The molecule has 0 bridgehead atoms. The molecule has 2 saturated heterocycles. The third-order valence-corrected chi connectivity index (χ3v) is 4.32. The second kappa shape index (κ2) is 5.68. The molecule has 2 aliphatic rings. The van der Waals surface area contributed by atoms with Gasteiger partial charge in [0.25, 0.3) is 0 Å². The number of aromatic hydroxyl groups is 1. The highest BCUT2D eigenvalue weighted by atomic mass is 16.5. The number of nitrogens with one attached hydrogen (secondary N) is 1. The normalized spacial score (nSPS) is 28.5. The van der Waals surface area contributed by atoms with Crippen molar-refractivity contribution in [3.8, 4) is 5.75 Å².